The van der Waals surface area contributed by atoms with E-state index < -0.39 is 79.7 Å². The van der Waals surface area contributed by atoms with Gasteiger partial charge in [0.1, 0.15) is 64.0 Å². The average molecular weight is 564 g/mol. The number of phenolic OH excluding ortho intramolecular Hbond substituents is 2. The van der Waals surface area contributed by atoms with Gasteiger partial charge in [-0.1, -0.05) is 0 Å². The Balaban J connectivity index is 1.47. The molecule has 0 radical (unpaired) electrons. The first-order chi connectivity index (χ1) is 19.0. The molecular weight excluding hydrogens is 536 g/mol. The molecule has 0 amide bonds. The highest BCUT2D eigenvalue weighted by Crippen LogP contribution is 2.35. The first-order valence-corrected chi connectivity index (χ1v) is 12.2. The van der Waals surface area contributed by atoms with E-state index in [0.717, 1.165) is 6.07 Å². The monoisotopic (exact) mass is 564 g/mol. The van der Waals surface area contributed by atoms with Gasteiger partial charge < -0.3 is 64.2 Å². The largest absolute Gasteiger partial charge is 0.508 e. The van der Waals surface area contributed by atoms with Crippen LogP contribution in [-0.2, 0) is 14.2 Å². The SMILES string of the molecule is O=c1cc(-c2ccc(O)cc2)oc2cc(O[C@@H]3O[C@H](CO)[C@@H](O)[C@H](O)[C@H]3O[C@@H]3OC[C@](O)(CO)[C@@H]3O)cc(O)c12. The molecule has 5 rings (SSSR count). The molecule has 0 spiro atoms. The van der Waals surface area contributed by atoms with Crippen LogP contribution in [0.1, 0.15) is 0 Å². The zero-order valence-electron chi connectivity index (χ0n) is 20.7. The molecule has 8 atom stereocenters. The Hall–Kier alpha value is -3.31. The summed E-state index contributed by atoms with van der Waals surface area (Å²) in [5.41, 5.74) is -2.22. The molecule has 0 aliphatic carbocycles. The molecule has 40 heavy (non-hydrogen) atoms. The number of hydrogen-bond donors (Lipinski definition) is 8. The van der Waals surface area contributed by atoms with Gasteiger partial charge in [-0.15, -0.1) is 0 Å². The van der Waals surface area contributed by atoms with Crippen molar-refractivity contribution in [3.63, 3.8) is 0 Å². The van der Waals surface area contributed by atoms with Gasteiger partial charge in [-0.2, -0.15) is 0 Å². The molecule has 3 heterocycles. The standard InChI is InChI=1S/C26H28O14/c27-8-18-20(32)21(33)22(40-25-23(34)26(35,9-28)10-36-25)24(39-18)37-13-5-14(30)19-15(31)7-16(38-17(19)6-13)11-1-3-12(29)4-2-11/h1-7,18,20-25,27-30,32-35H,8-10H2/t18-,20-,21+,22-,23-,24-,25+,26-/m1/s1. The van der Waals surface area contributed by atoms with Gasteiger partial charge in [0.05, 0.1) is 19.8 Å². The minimum absolute atomic E-state index is 0.00882. The Morgan fingerprint density at radius 3 is 2.35 bits per heavy atom. The van der Waals surface area contributed by atoms with Crippen molar-refractivity contribution in [2.75, 3.05) is 19.8 Å². The molecule has 14 heteroatoms. The number of aliphatic hydroxyl groups excluding tert-OH is 5. The lowest BCUT2D eigenvalue weighted by Crippen LogP contribution is -2.62. The lowest BCUT2D eigenvalue weighted by molar-refractivity contribution is -0.318. The first kappa shape index (κ1) is 28.2. The number of aliphatic hydroxyl groups is 6. The Kier molecular flexibility index (Phi) is 7.71. The van der Waals surface area contributed by atoms with E-state index >= 15 is 0 Å². The maximum Gasteiger partial charge on any atom is 0.229 e. The number of ether oxygens (including phenoxy) is 4. The Morgan fingerprint density at radius 1 is 0.975 bits per heavy atom. The molecule has 2 saturated heterocycles. The molecule has 8 N–H and O–H groups in total. The van der Waals surface area contributed by atoms with Crippen LogP contribution in [0.3, 0.4) is 0 Å². The van der Waals surface area contributed by atoms with Gasteiger partial charge in [0.2, 0.25) is 6.29 Å². The van der Waals surface area contributed by atoms with Crippen LogP contribution in [-0.4, -0.2) is 109 Å². The van der Waals surface area contributed by atoms with Crippen molar-refractivity contribution in [1.29, 1.82) is 0 Å². The molecule has 0 unspecified atom stereocenters. The van der Waals surface area contributed by atoms with Crippen LogP contribution in [0, 0.1) is 0 Å². The number of rotatable bonds is 7. The summed E-state index contributed by atoms with van der Waals surface area (Å²) >= 11 is 0. The minimum atomic E-state index is -2.04. The number of aromatic hydroxyl groups is 2. The Labute approximate surface area is 225 Å². The van der Waals surface area contributed by atoms with Crippen molar-refractivity contribution in [1.82, 2.24) is 0 Å². The van der Waals surface area contributed by atoms with Crippen molar-refractivity contribution in [2.24, 2.45) is 0 Å². The van der Waals surface area contributed by atoms with Crippen molar-refractivity contribution in [3.8, 4) is 28.6 Å². The summed E-state index contributed by atoms with van der Waals surface area (Å²) in [4.78, 5) is 12.8. The van der Waals surface area contributed by atoms with Gasteiger partial charge in [-0.05, 0) is 24.3 Å². The number of benzene rings is 2. The summed E-state index contributed by atoms with van der Waals surface area (Å²) in [6, 6.07) is 9.37. The summed E-state index contributed by atoms with van der Waals surface area (Å²) in [6.45, 7) is -2.06. The zero-order valence-corrected chi connectivity index (χ0v) is 20.7. The second-order valence-electron chi connectivity index (χ2n) is 9.65. The van der Waals surface area contributed by atoms with Crippen LogP contribution in [0.25, 0.3) is 22.3 Å². The summed E-state index contributed by atoms with van der Waals surface area (Å²) in [5.74, 6) is -0.496. The fraction of sp³-hybridized carbons (Fsp3) is 0.423. The van der Waals surface area contributed by atoms with Gasteiger partial charge in [0, 0.05) is 23.8 Å². The summed E-state index contributed by atoms with van der Waals surface area (Å²) < 4.78 is 28.0. The van der Waals surface area contributed by atoms with E-state index in [1.54, 1.807) is 0 Å². The van der Waals surface area contributed by atoms with E-state index in [4.69, 9.17) is 23.4 Å². The number of fused-ring (bicyclic) bond motifs is 1. The average Bonchev–Trinajstić information content (AvgIpc) is 3.21. The van der Waals surface area contributed by atoms with Crippen molar-refractivity contribution >= 4 is 11.0 Å². The van der Waals surface area contributed by atoms with Crippen molar-refractivity contribution < 1.29 is 64.2 Å². The second kappa shape index (κ2) is 10.9. The third-order valence-electron chi connectivity index (χ3n) is 6.88. The molecule has 0 saturated carbocycles. The summed E-state index contributed by atoms with van der Waals surface area (Å²) in [7, 11) is 0. The fourth-order valence-electron chi connectivity index (χ4n) is 4.57. The molecule has 3 aromatic rings. The lowest BCUT2D eigenvalue weighted by Gasteiger charge is -2.42. The molecule has 216 valence electrons. The van der Waals surface area contributed by atoms with Crippen LogP contribution in [0.5, 0.6) is 17.2 Å². The maximum absolute atomic E-state index is 12.8. The van der Waals surface area contributed by atoms with E-state index in [9.17, 15) is 45.6 Å². The Bertz CT molecular complexity index is 1410. The summed E-state index contributed by atoms with van der Waals surface area (Å²) in [5, 5.41) is 80.7. The quantitative estimate of drug-likeness (QED) is 0.164. The van der Waals surface area contributed by atoms with E-state index in [1.165, 1.54) is 36.4 Å². The zero-order chi connectivity index (χ0) is 28.8. The highest BCUT2D eigenvalue weighted by atomic mass is 16.8. The first-order valence-electron chi connectivity index (χ1n) is 12.2. The lowest BCUT2D eigenvalue weighted by atomic mass is 9.98. The number of phenols is 2. The predicted molar refractivity (Wildman–Crippen MR) is 132 cm³/mol. The number of hydrogen-bond acceptors (Lipinski definition) is 14. The van der Waals surface area contributed by atoms with Crippen LogP contribution in [0.15, 0.2) is 51.7 Å². The summed E-state index contributed by atoms with van der Waals surface area (Å²) in [6.07, 6.45) is -11.2. The smallest absolute Gasteiger partial charge is 0.229 e. The van der Waals surface area contributed by atoms with Gasteiger partial charge in [0.25, 0.3) is 0 Å². The van der Waals surface area contributed by atoms with Crippen molar-refractivity contribution in [3.05, 3.63) is 52.7 Å². The molecule has 2 fully saturated rings. The van der Waals surface area contributed by atoms with Crippen LogP contribution >= 0.6 is 0 Å². The Morgan fingerprint density at radius 2 is 1.70 bits per heavy atom. The van der Waals surface area contributed by atoms with E-state index in [-0.39, 0.29) is 28.2 Å². The third kappa shape index (κ3) is 5.12. The second-order valence-corrected chi connectivity index (χ2v) is 9.65. The molecule has 0 bridgehead atoms. The fourth-order valence-corrected chi connectivity index (χ4v) is 4.57. The molecular formula is C26H28O14. The molecule has 2 aliphatic heterocycles. The predicted octanol–water partition coefficient (Wildman–Crippen LogP) is -1.49. The van der Waals surface area contributed by atoms with E-state index in [1.807, 2.05) is 0 Å². The van der Waals surface area contributed by atoms with Crippen LogP contribution in [0.4, 0.5) is 0 Å². The van der Waals surface area contributed by atoms with Crippen LogP contribution < -0.4 is 10.2 Å². The van der Waals surface area contributed by atoms with Gasteiger partial charge in [-0.25, -0.2) is 0 Å². The van der Waals surface area contributed by atoms with Gasteiger partial charge in [-0.3, -0.25) is 4.79 Å². The third-order valence-corrected chi connectivity index (χ3v) is 6.88. The topological polar surface area (TPSA) is 229 Å². The molecule has 1 aromatic heterocycles. The normalized spacial score (nSPS) is 32.4. The van der Waals surface area contributed by atoms with E-state index in [0.29, 0.717) is 5.56 Å². The minimum Gasteiger partial charge on any atom is -0.508 e. The molecule has 2 aromatic carbocycles. The van der Waals surface area contributed by atoms with E-state index in [2.05, 4.69) is 0 Å². The van der Waals surface area contributed by atoms with Crippen LogP contribution in [0.2, 0.25) is 0 Å². The highest BCUT2D eigenvalue weighted by Gasteiger charge is 2.53. The highest BCUT2D eigenvalue weighted by molar-refractivity contribution is 5.86. The van der Waals surface area contributed by atoms with Gasteiger partial charge in [0.15, 0.2) is 17.8 Å². The maximum atomic E-state index is 12.8. The molecule has 14 nitrogen and oxygen atoms in total. The van der Waals surface area contributed by atoms with Crippen molar-refractivity contribution in [2.45, 2.75) is 48.7 Å². The van der Waals surface area contributed by atoms with Gasteiger partial charge >= 0.3 is 0 Å². The molecule has 2 aliphatic rings.